The van der Waals surface area contributed by atoms with E-state index in [1.54, 1.807) is 30.2 Å². The van der Waals surface area contributed by atoms with Crippen LogP contribution in [0.5, 0.6) is 0 Å². The maximum absolute atomic E-state index is 12.4. The van der Waals surface area contributed by atoms with E-state index in [1.165, 1.54) is 18.2 Å². The highest BCUT2D eigenvalue weighted by molar-refractivity contribution is 5.92. The Bertz CT molecular complexity index is 784. The zero-order chi connectivity index (χ0) is 17.7. The summed E-state index contributed by atoms with van der Waals surface area (Å²) in [5.41, 5.74) is 2.83. The maximum atomic E-state index is 12.4. The van der Waals surface area contributed by atoms with Gasteiger partial charge in [0.1, 0.15) is 0 Å². The molecule has 0 saturated heterocycles. The number of nitro benzene ring substituents is 1. The molecule has 0 bridgehead atoms. The Hall–Kier alpha value is -2.95. The van der Waals surface area contributed by atoms with Gasteiger partial charge in [0.05, 0.1) is 11.0 Å². The second kappa shape index (κ2) is 7.55. The SMILES string of the molecule is Cc1ccccc1/C=C/C(=O)N(C)[C@H](C)c1cccc([N+](=O)[O-])c1. The summed E-state index contributed by atoms with van der Waals surface area (Å²) in [4.78, 5) is 24.4. The number of non-ortho nitro benzene ring substituents is 1. The summed E-state index contributed by atoms with van der Waals surface area (Å²) in [5.74, 6) is -0.155. The van der Waals surface area contributed by atoms with Gasteiger partial charge in [-0.3, -0.25) is 14.9 Å². The standard InChI is InChI=1S/C19H20N2O3/c1-14-7-4-5-8-16(14)11-12-19(22)20(3)15(2)17-9-6-10-18(13-17)21(23)24/h4-13,15H,1-3H3/b12-11+/t15-/m1/s1. The van der Waals surface area contributed by atoms with Crippen molar-refractivity contribution in [2.45, 2.75) is 19.9 Å². The molecule has 0 aliphatic carbocycles. The summed E-state index contributed by atoms with van der Waals surface area (Å²) in [6.07, 6.45) is 3.31. The highest BCUT2D eigenvalue weighted by Gasteiger charge is 2.17. The number of hydrogen-bond donors (Lipinski definition) is 0. The van der Waals surface area contributed by atoms with Crippen molar-refractivity contribution in [1.82, 2.24) is 4.90 Å². The molecule has 2 aromatic carbocycles. The lowest BCUT2D eigenvalue weighted by molar-refractivity contribution is -0.384. The number of aryl methyl sites for hydroxylation is 1. The molecule has 0 radical (unpaired) electrons. The summed E-state index contributed by atoms with van der Waals surface area (Å²) in [5, 5.41) is 10.9. The lowest BCUT2D eigenvalue weighted by atomic mass is 10.1. The molecule has 0 fully saturated rings. The van der Waals surface area contributed by atoms with E-state index < -0.39 is 4.92 Å². The smallest absolute Gasteiger partial charge is 0.269 e. The third kappa shape index (κ3) is 4.07. The Balaban J connectivity index is 2.14. The fourth-order valence-electron chi connectivity index (χ4n) is 2.37. The van der Waals surface area contributed by atoms with Crippen LogP contribution in [-0.2, 0) is 4.79 Å². The number of amides is 1. The van der Waals surface area contributed by atoms with Crippen LogP contribution in [0, 0.1) is 17.0 Å². The molecular formula is C19H20N2O3. The van der Waals surface area contributed by atoms with Gasteiger partial charge in [-0.1, -0.05) is 36.4 Å². The molecule has 2 rings (SSSR count). The number of benzene rings is 2. The van der Waals surface area contributed by atoms with Gasteiger partial charge in [-0.05, 0) is 36.6 Å². The van der Waals surface area contributed by atoms with Crippen molar-refractivity contribution in [2.24, 2.45) is 0 Å². The van der Waals surface area contributed by atoms with E-state index in [2.05, 4.69) is 0 Å². The average Bonchev–Trinajstić information content (AvgIpc) is 2.59. The predicted octanol–water partition coefficient (Wildman–Crippen LogP) is 4.14. The van der Waals surface area contributed by atoms with Crippen molar-refractivity contribution in [1.29, 1.82) is 0 Å². The normalized spacial score (nSPS) is 12.1. The zero-order valence-corrected chi connectivity index (χ0v) is 14.0. The Morgan fingerprint density at radius 3 is 2.58 bits per heavy atom. The van der Waals surface area contributed by atoms with E-state index in [0.717, 1.165) is 16.7 Å². The summed E-state index contributed by atoms with van der Waals surface area (Å²) in [6.45, 7) is 3.83. The van der Waals surface area contributed by atoms with Gasteiger partial charge in [-0.15, -0.1) is 0 Å². The van der Waals surface area contributed by atoms with Gasteiger partial charge < -0.3 is 4.90 Å². The molecule has 5 nitrogen and oxygen atoms in total. The van der Waals surface area contributed by atoms with Crippen LogP contribution in [0.15, 0.2) is 54.6 Å². The van der Waals surface area contributed by atoms with Crippen LogP contribution in [0.25, 0.3) is 6.08 Å². The molecule has 0 aliphatic rings. The number of nitro groups is 1. The second-order valence-corrected chi connectivity index (χ2v) is 5.67. The summed E-state index contributed by atoms with van der Waals surface area (Å²) < 4.78 is 0. The largest absolute Gasteiger partial charge is 0.335 e. The van der Waals surface area contributed by atoms with Gasteiger partial charge in [0.15, 0.2) is 0 Å². The highest BCUT2D eigenvalue weighted by atomic mass is 16.6. The first-order valence-corrected chi connectivity index (χ1v) is 7.65. The molecule has 0 spiro atoms. The number of hydrogen-bond acceptors (Lipinski definition) is 3. The topological polar surface area (TPSA) is 63.5 Å². The highest BCUT2D eigenvalue weighted by Crippen LogP contribution is 2.23. The van der Waals surface area contributed by atoms with Gasteiger partial charge in [0.25, 0.3) is 5.69 Å². The average molecular weight is 324 g/mol. The van der Waals surface area contributed by atoms with Gasteiger partial charge in [-0.25, -0.2) is 0 Å². The van der Waals surface area contributed by atoms with E-state index in [0.29, 0.717) is 0 Å². The first kappa shape index (κ1) is 17.4. The lowest BCUT2D eigenvalue weighted by Crippen LogP contribution is -2.28. The van der Waals surface area contributed by atoms with Crippen molar-refractivity contribution in [3.8, 4) is 0 Å². The lowest BCUT2D eigenvalue weighted by Gasteiger charge is -2.24. The van der Waals surface area contributed by atoms with Gasteiger partial charge in [-0.2, -0.15) is 0 Å². The van der Waals surface area contributed by atoms with E-state index in [9.17, 15) is 14.9 Å². The quantitative estimate of drug-likeness (QED) is 0.472. The van der Waals surface area contributed by atoms with Crippen LogP contribution >= 0.6 is 0 Å². The minimum absolute atomic E-state index is 0.0238. The first-order valence-electron chi connectivity index (χ1n) is 7.65. The molecule has 0 aliphatic heterocycles. The molecule has 5 heteroatoms. The Morgan fingerprint density at radius 2 is 1.92 bits per heavy atom. The van der Waals surface area contributed by atoms with Crippen molar-refractivity contribution in [3.63, 3.8) is 0 Å². The molecule has 2 aromatic rings. The monoisotopic (exact) mass is 324 g/mol. The second-order valence-electron chi connectivity index (χ2n) is 5.67. The van der Waals surface area contributed by atoms with Gasteiger partial charge >= 0.3 is 0 Å². The Labute approximate surface area is 141 Å². The predicted molar refractivity (Wildman–Crippen MR) is 94.5 cm³/mol. The molecule has 0 heterocycles. The van der Waals surface area contributed by atoms with Crippen LogP contribution in [-0.4, -0.2) is 22.8 Å². The molecular weight excluding hydrogens is 304 g/mol. The van der Waals surface area contributed by atoms with E-state index in [4.69, 9.17) is 0 Å². The van der Waals surface area contributed by atoms with Crippen LogP contribution in [0.4, 0.5) is 5.69 Å². The molecule has 0 aromatic heterocycles. The van der Waals surface area contributed by atoms with E-state index in [-0.39, 0.29) is 17.6 Å². The van der Waals surface area contributed by atoms with Crippen LogP contribution < -0.4 is 0 Å². The molecule has 0 saturated carbocycles. The van der Waals surface area contributed by atoms with Gasteiger partial charge in [0.2, 0.25) is 5.91 Å². The molecule has 24 heavy (non-hydrogen) atoms. The van der Waals surface area contributed by atoms with Crippen molar-refractivity contribution in [2.75, 3.05) is 7.05 Å². The fourth-order valence-corrected chi connectivity index (χ4v) is 2.37. The fraction of sp³-hybridized carbons (Fsp3) is 0.211. The summed E-state index contributed by atoms with van der Waals surface area (Å²) in [6, 6.07) is 13.9. The first-order chi connectivity index (χ1) is 11.4. The number of likely N-dealkylation sites (N-methyl/N-ethyl adjacent to an activating group) is 1. The van der Waals surface area contributed by atoms with Crippen molar-refractivity contribution >= 4 is 17.7 Å². The van der Waals surface area contributed by atoms with Crippen LogP contribution in [0.3, 0.4) is 0 Å². The third-order valence-corrected chi connectivity index (χ3v) is 4.09. The number of nitrogens with zero attached hydrogens (tertiary/aromatic N) is 2. The number of carbonyl (C=O) groups excluding carboxylic acids is 1. The molecule has 124 valence electrons. The maximum Gasteiger partial charge on any atom is 0.269 e. The minimum Gasteiger partial charge on any atom is -0.335 e. The van der Waals surface area contributed by atoms with Crippen LogP contribution in [0.2, 0.25) is 0 Å². The van der Waals surface area contributed by atoms with Gasteiger partial charge in [0, 0.05) is 25.3 Å². The summed E-state index contributed by atoms with van der Waals surface area (Å²) >= 11 is 0. The minimum atomic E-state index is -0.434. The number of carbonyl (C=O) groups is 1. The molecule has 0 N–H and O–H groups in total. The third-order valence-electron chi connectivity index (χ3n) is 4.09. The van der Waals surface area contributed by atoms with Crippen LogP contribution in [0.1, 0.15) is 29.7 Å². The Kier molecular flexibility index (Phi) is 5.47. The Morgan fingerprint density at radius 1 is 1.21 bits per heavy atom. The van der Waals surface area contributed by atoms with E-state index >= 15 is 0 Å². The van der Waals surface area contributed by atoms with Crippen molar-refractivity contribution in [3.05, 3.63) is 81.4 Å². The number of rotatable bonds is 5. The molecule has 0 unspecified atom stereocenters. The zero-order valence-electron chi connectivity index (χ0n) is 14.0. The van der Waals surface area contributed by atoms with E-state index in [1.807, 2.05) is 38.1 Å². The molecule has 1 amide bonds. The van der Waals surface area contributed by atoms with Crippen molar-refractivity contribution < 1.29 is 9.72 Å². The summed E-state index contributed by atoms with van der Waals surface area (Å²) in [7, 11) is 1.69. The molecule has 1 atom stereocenters.